The summed E-state index contributed by atoms with van der Waals surface area (Å²) in [4.78, 5) is 18.9. The number of fused-ring (bicyclic) bond motifs is 1. The smallest absolute Gasteiger partial charge is 0.416 e. The van der Waals surface area contributed by atoms with Crippen molar-refractivity contribution in [2.24, 2.45) is 0 Å². The van der Waals surface area contributed by atoms with Gasteiger partial charge in [0.2, 0.25) is 0 Å². The van der Waals surface area contributed by atoms with Gasteiger partial charge in [0.15, 0.2) is 5.65 Å². The number of ether oxygens (including phenoxy) is 2. The van der Waals surface area contributed by atoms with E-state index in [-0.39, 0.29) is 12.3 Å². The maximum atomic E-state index is 13.6. The molecule has 0 aliphatic rings. The zero-order valence-electron chi connectivity index (χ0n) is 25.1. The molecule has 0 atom stereocenters. The Morgan fingerprint density at radius 2 is 1.75 bits per heavy atom. The van der Waals surface area contributed by atoms with Crippen LogP contribution in [-0.2, 0) is 22.4 Å². The Kier molecular flexibility index (Phi) is 9.20. The van der Waals surface area contributed by atoms with E-state index in [2.05, 4.69) is 23.8 Å². The van der Waals surface area contributed by atoms with Gasteiger partial charge in [0.1, 0.15) is 6.73 Å². The summed E-state index contributed by atoms with van der Waals surface area (Å²) in [5.41, 5.74) is 2.97. The molecule has 232 valence electrons. The number of rotatable bonds is 10. The molecule has 0 N–H and O–H groups in total. The number of methoxy groups -OCH3 is 1. The van der Waals surface area contributed by atoms with Crippen molar-refractivity contribution in [1.82, 2.24) is 13.5 Å². The fourth-order valence-corrected chi connectivity index (χ4v) is 6.42. The van der Waals surface area contributed by atoms with Crippen molar-refractivity contribution in [2.75, 3.05) is 38.2 Å². The minimum atomic E-state index is -4.49. The van der Waals surface area contributed by atoms with Crippen molar-refractivity contribution < 1.29 is 27.4 Å². The van der Waals surface area contributed by atoms with E-state index in [4.69, 9.17) is 9.47 Å². The zero-order chi connectivity index (χ0) is 31.6. The molecule has 2 aromatic carbocycles. The van der Waals surface area contributed by atoms with Crippen LogP contribution in [0.25, 0.3) is 33.5 Å². The van der Waals surface area contributed by atoms with Gasteiger partial charge >= 0.3 is 12.1 Å². The summed E-state index contributed by atoms with van der Waals surface area (Å²) in [6, 6.07) is 19.1. The van der Waals surface area contributed by atoms with Gasteiger partial charge < -0.3 is 14.0 Å². The van der Waals surface area contributed by atoms with Crippen molar-refractivity contribution in [3.63, 3.8) is 0 Å². The molecule has 6 nitrogen and oxygen atoms in total. The third-order valence-corrected chi connectivity index (χ3v) is 9.51. The summed E-state index contributed by atoms with van der Waals surface area (Å²) < 4.78 is 55.8. The van der Waals surface area contributed by atoms with Crippen LogP contribution in [-0.4, -0.2) is 57.7 Å². The molecule has 0 amide bonds. The first-order valence-electron chi connectivity index (χ1n) is 13.8. The standard InChI is InChI=1S/C33H34F3N3O3S2/c1-22-19-23(33(34,35)36)11-12-25(22)30-28(32(40)41-2)20-29(38(30)21-42-17-18-44(3,4)5)26-13-15-37-31-27(26)14-16-39(31)43-24-9-7-6-8-10-24/h6-16,19-20H,17-18,21H2,1-5H3. The molecule has 0 fully saturated rings. The molecule has 0 aliphatic heterocycles. The predicted molar refractivity (Wildman–Crippen MR) is 174 cm³/mol. The molecule has 3 aromatic heterocycles. The highest BCUT2D eigenvalue weighted by atomic mass is 32.3. The largest absolute Gasteiger partial charge is 0.465 e. The van der Waals surface area contributed by atoms with E-state index >= 15 is 0 Å². The fraction of sp³-hybridized carbons (Fsp3) is 0.273. The van der Waals surface area contributed by atoms with Gasteiger partial charge in [-0.1, -0.05) is 24.3 Å². The van der Waals surface area contributed by atoms with Crippen molar-refractivity contribution in [3.05, 3.63) is 95.8 Å². The maximum absolute atomic E-state index is 13.6. The second kappa shape index (κ2) is 12.7. The number of hydrogen-bond acceptors (Lipinski definition) is 5. The topological polar surface area (TPSA) is 58.3 Å². The number of alkyl halides is 3. The van der Waals surface area contributed by atoms with Gasteiger partial charge in [0.05, 0.1) is 36.2 Å². The number of esters is 1. The van der Waals surface area contributed by atoms with E-state index in [1.807, 2.05) is 57.2 Å². The molecule has 5 rings (SSSR count). The molecule has 0 spiro atoms. The molecule has 44 heavy (non-hydrogen) atoms. The number of halogens is 3. The summed E-state index contributed by atoms with van der Waals surface area (Å²) in [7, 11) is 0.468. The minimum absolute atomic E-state index is 0.0843. The molecule has 0 bridgehead atoms. The molecular weight excluding hydrogens is 608 g/mol. The van der Waals surface area contributed by atoms with E-state index < -0.39 is 27.7 Å². The molecular formula is C33H34F3N3O3S2. The van der Waals surface area contributed by atoms with Crippen LogP contribution in [0.1, 0.15) is 21.5 Å². The summed E-state index contributed by atoms with van der Waals surface area (Å²) in [5.74, 6) is 0.280. The quantitative estimate of drug-likeness (QED) is 0.113. The van der Waals surface area contributed by atoms with Crippen molar-refractivity contribution in [3.8, 4) is 22.5 Å². The van der Waals surface area contributed by atoms with Gasteiger partial charge in [-0.05, 0) is 85.7 Å². The molecule has 11 heteroatoms. The summed E-state index contributed by atoms with van der Waals surface area (Å²) in [5, 5.41) is 0.848. The van der Waals surface area contributed by atoms with Gasteiger partial charge in [0.25, 0.3) is 0 Å². The van der Waals surface area contributed by atoms with Crippen LogP contribution in [0.4, 0.5) is 13.2 Å². The van der Waals surface area contributed by atoms with E-state index in [1.165, 1.54) is 25.1 Å². The van der Waals surface area contributed by atoms with E-state index in [1.54, 1.807) is 19.2 Å². The Bertz CT molecular complexity index is 1790. The number of aromatic nitrogens is 3. The van der Waals surface area contributed by atoms with Crippen molar-refractivity contribution >= 4 is 39.0 Å². The van der Waals surface area contributed by atoms with Crippen LogP contribution in [0.2, 0.25) is 0 Å². The molecule has 3 heterocycles. The third-order valence-electron chi connectivity index (χ3n) is 7.15. The van der Waals surface area contributed by atoms with Crippen LogP contribution < -0.4 is 0 Å². The zero-order valence-corrected chi connectivity index (χ0v) is 26.8. The Morgan fingerprint density at radius 1 is 1.00 bits per heavy atom. The van der Waals surface area contributed by atoms with Crippen LogP contribution in [0.3, 0.4) is 0 Å². The number of carbonyl (C=O) groups excluding carboxylic acids is 1. The number of nitrogens with zero attached hydrogens (tertiary/aromatic N) is 3. The van der Waals surface area contributed by atoms with E-state index in [0.29, 0.717) is 29.1 Å². The maximum Gasteiger partial charge on any atom is 0.416 e. The molecule has 0 saturated carbocycles. The summed E-state index contributed by atoms with van der Waals surface area (Å²) in [6.07, 6.45) is 5.77. The normalized spacial score (nSPS) is 12.5. The van der Waals surface area contributed by atoms with Crippen molar-refractivity contribution in [1.29, 1.82) is 0 Å². The molecule has 0 aliphatic carbocycles. The lowest BCUT2D eigenvalue weighted by Crippen LogP contribution is -2.13. The van der Waals surface area contributed by atoms with Crippen LogP contribution in [0.15, 0.2) is 84.0 Å². The highest BCUT2D eigenvalue weighted by Gasteiger charge is 2.32. The number of benzene rings is 2. The summed E-state index contributed by atoms with van der Waals surface area (Å²) in [6.45, 7) is 2.18. The lowest BCUT2D eigenvalue weighted by atomic mass is 9.99. The van der Waals surface area contributed by atoms with Gasteiger partial charge in [-0.15, -0.1) is 0 Å². The average Bonchev–Trinajstić information content (AvgIpc) is 3.56. The third kappa shape index (κ3) is 6.85. The van der Waals surface area contributed by atoms with Crippen molar-refractivity contribution in [2.45, 2.75) is 24.7 Å². The number of carbonyl (C=O) groups is 1. The lowest BCUT2D eigenvalue weighted by molar-refractivity contribution is -0.137. The molecule has 0 radical (unpaired) electrons. The first-order valence-corrected chi connectivity index (χ1v) is 17.6. The number of pyridine rings is 1. The lowest BCUT2D eigenvalue weighted by Gasteiger charge is -2.25. The first kappa shape index (κ1) is 31.7. The SMILES string of the molecule is COC(=O)c1cc(-c2ccnc3c2ccn3Sc2ccccc2)n(COCCS(C)(C)C)c1-c1ccc(C(F)(F)F)cc1C. The molecule has 5 aromatic rings. The first-order chi connectivity index (χ1) is 20.9. The predicted octanol–water partition coefficient (Wildman–Crippen LogP) is 8.51. The monoisotopic (exact) mass is 641 g/mol. The van der Waals surface area contributed by atoms with Gasteiger partial charge in [0, 0.05) is 39.6 Å². The Balaban J connectivity index is 1.68. The van der Waals surface area contributed by atoms with Crippen LogP contribution in [0.5, 0.6) is 0 Å². The fourth-order valence-electron chi connectivity index (χ4n) is 4.94. The second-order valence-electron chi connectivity index (χ2n) is 11.2. The van der Waals surface area contributed by atoms with Crippen LogP contribution >= 0.6 is 22.0 Å². The van der Waals surface area contributed by atoms with E-state index in [9.17, 15) is 18.0 Å². The minimum Gasteiger partial charge on any atom is -0.465 e. The summed E-state index contributed by atoms with van der Waals surface area (Å²) >= 11 is 1.53. The molecule has 0 unspecified atom stereocenters. The Hall–Kier alpha value is -3.67. The van der Waals surface area contributed by atoms with Gasteiger partial charge in [-0.2, -0.15) is 13.2 Å². The van der Waals surface area contributed by atoms with Crippen LogP contribution in [0, 0.1) is 6.92 Å². The Morgan fingerprint density at radius 3 is 2.41 bits per heavy atom. The number of aryl methyl sites for hydroxylation is 1. The van der Waals surface area contributed by atoms with E-state index in [0.717, 1.165) is 39.4 Å². The van der Waals surface area contributed by atoms with Gasteiger partial charge in [-0.25, -0.2) is 19.8 Å². The van der Waals surface area contributed by atoms with Gasteiger partial charge in [-0.3, -0.25) is 3.97 Å². The average molecular weight is 642 g/mol. The highest BCUT2D eigenvalue weighted by Crippen LogP contribution is 2.40. The highest BCUT2D eigenvalue weighted by molar-refractivity contribution is 8.32. The second-order valence-corrected chi connectivity index (χ2v) is 16.9. The Labute approximate surface area is 260 Å². The number of hydrogen-bond donors (Lipinski definition) is 0. The molecule has 0 saturated heterocycles.